The molecule has 0 aromatic heterocycles. The molecule has 0 heterocycles. The molecular formula is C33H38F5N. The molecule has 0 bridgehead atoms. The molecule has 2 aromatic carbocycles. The quantitative estimate of drug-likeness (QED) is 0.263. The van der Waals surface area contributed by atoms with Gasteiger partial charge in [0.15, 0.2) is 23.3 Å². The normalized spacial score (nSPS) is 27.2. The molecule has 0 spiro atoms. The van der Waals surface area contributed by atoms with Crippen LogP contribution in [0.15, 0.2) is 12.1 Å². The highest BCUT2D eigenvalue weighted by atomic mass is 19.2. The number of benzene rings is 2. The van der Waals surface area contributed by atoms with Crippen LogP contribution in [0.2, 0.25) is 0 Å². The third kappa shape index (κ3) is 5.61. The zero-order valence-corrected chi connectivity index (χ0v) is 22.8. The number of nitriles is 1. The van der Waals surface area contributed by atoms with Crippen LogP contribution in [0.5, 0.6) is 0 Å². The van der Waals surface area contributed by atoms with Gasteiger partial charge in [-0.2, -0.15) is 5.26 Å². The minimum Gasteiger partial charge on any atom is -0.206 e. The summed E-state index contributed by atoms with van der Waals surface area (Å²) in [5, 5.41) is 8.92. The Balaban J connectivity index is 1.25. The maximum Gasteiger partial charge on any atom is 0.176 e. The fraction of sp³-hybridized carbons (Fsp3) is 0.606. The summed E-state index contributed by atoms with van der Waals surface area (Å²) in [5.74, 6) is -3.71. The van der Waals surface area contributed by atoms with Gasteiger partial charge in [0.25, 0.3) is 0 Å². The van der Waals surface area contributed by atoms with Gasteiger partial charge >= 0.3 is 0 Å². The van der Waals surface area contributed by atoms with E-state index in [0.29, 0.717) is 44.1 Å². The first-order valence-corrected chi connectivity index (χ1v) is 14.9. The molecule has 1 unspecified atom stereocenters. The van der Waals surface area contributed by atoms with Gasteiger partial charge in [-0.3, -0.25) is 0 Å². The van der Waals surface area contributed by atoms with Gasteiger partial charge in [0, 0.05) is 5.56 Å². The average molecular weight is 544 g/mol. The fourth-order valence-electron chi connectivity index (χ4n) is 7.65. The number of hydrogen-bond donors (Lipinski definition) is 0. The molecule has 6 heteroatoms. The Hall–Kier alpha value is -2.42. The fourth-order valence-corrected chi connectivity index (χ4v) is 7.65. The van der Waals surface area contributed by atoms with Crippen LogP contribution < -0.4 is 0 Å². The van der Waals surface area contributed by atoms with Crippen molar-refractivity contribution in [1.82, 2.24) is 0 Å². The van der Waals surface area contributed by atoms with E-state index in [1.807, 2.05) is 0 Å². The minimum atomic E-state index is -1.16. The lowest BCUT2D eigenvalue weighted by Crippen LogP contribution is -2.23. The highest BCUT2D eigenvalue weighted by molar-refractivity contribution is 5.41. The third-order valence-corrected chi connectivity index (χ3v) is 10.2. The molecule has 0 radical (unpaired) electrons. The molecule has 2 fully saturated rings. The molecule has 39 heavy (non-hydrogen) atoms. The molecule has 5 rings (SSSR count). The van der Waals surface area contributed by atoms with Gasteiger partial charge < -0.3 is 0 Å². The van der Waals surface area contributed by atoms with Gasteiger partial charge in [-0.25, -0.2) is 22.0 Å². The van der Waals surface area contributed by atoms with Crippen molar-refractivity contribution in [2.75, 3.05) is 0 Å². The topological polar surface area (TPSA) is 23.8 Å². The van der Waals surface area contributed by atoms with Gasteiger partial charge in [0.1, 0.15) is 11.9 Å². The first-order chi connectivity index (χ1) is 18.8. The zero-order valence-electron chi connectivity index (χ0n) is 22.8. The summed E-state index contributed by atoms with van der Waals surface area (Å²) in [6, 6.07) is 4.32. The van der Waals surface area contributed by atoms with Crippen LogP contribution in [0.3, 0.4) is 0 Å². The highest BCUT2D eigenvalue weighted by Crippen LogP contribution is 2.45. The molecule has 1 atom stereocenters. The molecule has 0 saturated heterocycles. The predicted octanol–water partition coefficient (Wildman–Crippen LogP) is 9.80. The molecule has 3 aliphatic rings. The number of nitrogens with zero attached hydrogens (tertiary/aromatic N) is 1. The monoisotopic (exact) mass is 543 g/mol. The molecule has 3 aliphatic carbocycles. The summed E-state index contributed by atoms with van der Waals surface area (Å²) >= 11 is 0. The van der Waals surface area contributed by atoms with E-state index in [0.717, 1.165) is 31.1 Å². The Bertz CT molecular complexity index is 1230. The number of rotatable bonds is 6. The molecule has 0 amide bonds. The van der Waals surface area contributed by atoms with Crippen molar-refractivity contribution in [3.8, 4) is 6.07 Å². The summed E-state index contributed by atoms with van der Waals surface area (Å²) < 4.78 is 75.2. The molecule has 210 valence electrons. The highest BCUT2D eigenvalue weighted by Gasteiger charge is 2.35. The van der Waals surface area contributed by atoms with E-state index in [9.17, 15) is 8.78 Å². The van der Waals surface area contributed by atoms with E-state index < -0.39 is 35.0 Å². The number of fused-ring (bicyclic) bond motifs is 1. The van der Waals surface area contributed by atoms with E-state index in [-0.39, 0.29) is 34.1 Å². The average Bonchev–Trinajstić information content (AvgIpc) is 2.97. The summed E-state index contributed by atoms with van der Waals surface area (Å²) in [7, 11) is 0. The van der Waals surface area contributed by atoms with Crippen molar-refractivity contribution < 1.29 is 22.0 Å². The van der Waals surface area contributed by atoms with E-state index in [2.05, 4.69) is 6.92 Å². The summed E-state index contributed by atoms with van der Waals surface area (Å²) in [4.78, 5) is 0. The second-order valence-corrected chi connectivity index (χ2v) is 12.3. The van der Waals surface area contributed by atoms with E-state index in [1.165, 1.54) is 44.2 Å². The SMILES string of the molecule is CCC1CCC(CCC2CCc3c(F)c(C4CCC(c5ccc(C#N)c(F)c5F)CC4)c(F)c(F)c3C2)CC1. The van der Waals surface area contributed by atoms with Crippen LogP contribution in [-0.2, 0) is 12.8 Å². The Morgan fingerprint density at radius 3 is 1.97 bits per heavy atom. The zero-order chi connectivity index (χ0) is 27.7. The first-order valence-electron chi connectivity index (χ1n) is 14.9. The van der Waals surface area contributed by atoms with Crippen LogP contribution in [0.4, 0.5) is 22.0 Å². The van der Waals surface area contributed by atoms with Crippen molar-refractivity contribution in [2.45, 2.75) is 109 Å². The standard InChI is InChI=1S/C33H38F5N/c1-2-19-3-5-20(6-4-19)7-8-21-9-15-26-27(17-21)32(37)33(38)28(30(26)35)23-12-10-22(11-13-23)25-16-14-24(18-39)29(34)31(25)36/h14,16,19-23H,2-13,15,17H2,1H3. The van der Waals surface area contributed by atoms with Crippen molar-refractivity contribution in [3.05, 3.63) is 69.0 Å². The summed E-state index contributed by atoms with van der Waals surface area (Å²) in [6.07, 6.45) is 11.6. The van der Waals surface area contributed by atoms with Crippen molar-refractivity contribution >= 4 is 0 Å². The van der Waals surface area contributed by atoms with Crippen molar-refractivity contribution in [1.29, 1.82) is 5.26 Å². The lowest BCUT2D eigenvalue weighted by Gasteiger charge is -2.33. The number of hydrogen-bond acceptors (Lipinski definition) is 1. The molecule has 2 aromatic rings. The molecular weight excluding hydrogens is 505 g/mol. The smallest absolute Gasteiger partial charge is 0.176 e. The summed E-state index contributed by atoms with van der Waals surface area (Å²) in [5.41, 5.74) is 0.240. The first kappa shape index (κ1) is 28.1. The van der Waals surface area contributed by atoms with Crippen LogP contribution in [0.25, 0.3) is 0 Å². The lowest BCUT2D eigenvalue weighted by atomic mass is 9.73. The van der Waals surface area contributed by atoms with Crippen molar-refractivity contribution in [3.63, 3.8) is 0 Å². The molecule has 0 N–H and O–H groups in total. The molecule has 1 nitrogen and oxygen atoms in total. The predicted molar refractivity (Wildman–Crippen MR) is 142 cm³/mol. The van der Waals surface area contributed by atoms with Crippen LogP contribution in [0.1, 0.15) is 124 Å². The van der Waals surface area contributed by atoms with E-state index in [4.69, 9.17) is 5.26 Å². The van der Waals surface area contributed by atoms with Gasteiger partial charge in [0.05, 0.1) is 5.56 Å². The van der Waals surface area contributed by atoms with Crippen LogP contribution in [-0.4, -0.2) is 0 Å². The Kier molecular flexibility index (Phi) is 8.64. The second kappa shape index (κ2) is 12.0. The van der Waals surface area contributed by atoms with E-state index >= 15 is 13.2 Å². The molecule has 0 aliphatic heterocycles. The number of halogens is 5. The van der Waals surface area contributed by atoms with Gasteiger partial charge in [-0.1, -0.05) is 51.5 Å². The third-order valence-electron chi connectivity index (χ3n) is 10.2. The largest absolute Gasteiger partial charge is 0.206 e. The van der Waals surface area contributed by atoms with Crippen molar-refractivity contribution in [2.24, 2.45) is 17.8 Å². The van der Waals surface area contributed by atoms with Gasteiger partial charge in [-0.15, -0.1) is 0 Å². The lowest BCUT2D eigenvalue weighted by molar-refractivity contribution is 0.240. The van der Waals surface area contributed by atoms with E-state index in [1.54, 1.807) is 6.07 Å². The Morgan fingerprint density at radius 2 is 1.31 bits per heavy atom. The van der Waals surface area contributed by atoms with Gasteiger partial charge in [0.2, 0.25) is 0 Å². The minimum absolute atomic E-state index is 0.165. The van der Waals surface area contributed by atoms with Crippen LogP contribution >= 0.6 is 0 Å². The maximum absolute atomic E-state index is 15.7. The van der Waals surface area contributed by atoms with Crippen LogP contribution in [0, 0.1) is 58.2 Å². The maximum atomic E-state index is 15.7. The second-order valence-electron chi connectivity index (χ2n) is 12.3. The van der Waals surface area contributed by atoms with Gasteiger partial charge in [-0.05, 0) is 104 Å². The Labute approximate surface area is 228 Å². The Morgan fingerprint density at radius 1 is 0.667 bits per heavy atom. The summed E-state index contributed by atoms with van der Waals surface area (Å²) in [6.45, 7) is 2.26. The molecule has 2 saturated carbocycles.